The first-order valence-corrected chi connectivity index (χ1v) is 3.01. The second-order valence-corrected chi connectivity index (χ2v) is 1.88. The first-order valence-electron chi connectivity index (χ1n) is 3.01. The molecule has 0 atom stereocenters. The smallest absolute Gasteiger partial charge is 0.320 e. The Morgan fingerprint density at radius 1 is 1.64 bits per heavy atom. The first kappa shape index (κ1) is 7.52. The lowest BCUT2D eigenvalue weighted by Gasteiger charge is -1.97. The molecule has 1 aromatic rings. The number of rotatable bonds is 1. The Morgan fingerprint density at radius 3 is 2.82 bits per heavy atom. The van der Waals surface area contributed by atoms with Gasteiger partial charge >= 0.3 is 6.03 Å². The van der Waals surface area contributed by atoms with E-state index in [0.29, 0.717) is 11.6 Å². The Kier molecular flexibility index (Phi) is 2.05. The van der Waals surface area contributed by atoms with Crippen LogP contribution in [0.3, 0.4) is 0 Å². The molecule has 2 N–H and O–H groups in total. The maximum absolute atomic E-state index is 10.7. The lowest BCUT2D eigenvalue weighted by Crippen LogP contribution is -2.24. The number of urea groups is 1. The van der Waals surface area contributed by atoms with E-state index in [1.165, 1.54) is 7.05 Å². The van der Waals surface area contributed by atoms with Gasteiger partial charge in [0.25, 0.3) is 0 Å². The van der Waals surface area contributed by atoms with E-state index in [4.69, 9.17) is 0 Å². The lowest BCUT2D eigenvalue weighted by atomic mass is 10.5. The van der Waals surface area contributed by atoms with E-state index in [-0.39, 0.29) is 6.03 Å². The molecular weight excluding hydrogens is 148 g/mol. The van der Waals surface area contributed by atoms with E-state index in [2.05, 4.69) is 25.5 Å². The van der Waals surface area contributed by atoms with Gasteiger partial charge in [-0.3, -0.25) is 5.32 Å². The fourth-order valence-corrected chi connectivity index (χ4v) is 0.519. The summed E-state index contributed by atoms with van der Waals surface area (Å²) in [5.74, 6) is 0.818. The number of anilines is 1. The Balaban J connectivity index is 2.64. The van der Waals surface area contributed by atoms with Gasteiger partial charge in [-0.1, -0.05) is 5.10 Å². The number of hydrogen-bond acceptors (Lipinski definition) is 4. The van der Waals surface area contributed by atoms with Crippen molar-refractivity contribution in [3.8, 4) is 0 Å². The number of aryl methyl sites for hydroxylation is 1. The van der Waals surface area contributed by atoms with Crippen LogP contribution in [-0.2, 0) is 0 Å². The molecule has 0 spiro atoms. The number of hydrogen-bond donors (Lipinski definition) is 2. The summed E-state index contributed by atoms with van der Waals surface area (Å²) in [4.78, 5) is 10.7. The number of aromatic nitrogens is 2. The van der Waals surface area contributed by atoms with E-state index in [1.54, 1.807) is 6.92 Å². The summed E-state index contributed by atoms with van der Waals surface area (Å²) in [5.41, 5.74) is 0. The Hall–Kier alpha value is -1.59. The van der Waals surface area contributed by atoms with E-state index < -0.39 is 0 Å². The molecule has 6 nitrogen and oxygen atoms in total. The molecule has 0 aliphatic carbocycles. The lowest BCUT2D eigenvalue weighted by molar-refractivity contribution is 0.254. The van der Waals surface area contributed by atoms with Gasteiger partial charge in [-0.05, 0) is 0 Å². The van der Waals surface area contributed by atoms with Crippen LogP contribution >= 0.6 is 0 Å². The largest absolute Gasteiger partial charge is 0.341 e. The minimum absolute atomic E-state index is 0.337. The highest BCUT2D eigenvalue weighted by Gasteiger charge is 2.06. The van der Waals surface area contributed by atoms with Gasteiger partial charge in [0.05, 0.1) is 0 Å². The molecule has 0 aromatic carbocycles. The monoisotopic (exact) mass is 156 g/mol. The fourth-order valence-electron chi connectivity index (χ4n) is 0.519. The van der Waals surface area contributed by atoms with E-state index in [0.717, 1.165) is 0 Å². The zero-order chi connectivity index (χ0) is 8.27. The number of amides is 2. The maximum atomic E-state index is 10.7. The van der Waals surface area contributed by atoms with E-state index in [1.807, 2.05) is 0 Å². The maximum Gasteiger partial charge on any atom is 0.320 e. The highest BCUT2D eigenvalue weighted by Crippen LogP contribution is 2.07. The molecular formula is C5H8N4O2. The average Bonchev–Trinajstić information content (AvgIpc) is 2.37. The second-order valence-electron chi connectivity index (χ2n) is 1.88. The van der Waals surface area contributed by atoms with E-state index >= 15 is 0 Å². The molecule has 1 aromatic heterocycles. The van der Waals surface area contributed by atoms with Crippen molar-refractivity contribution in [2.45, 2.75) is 6.92 Å². The Labute approximate surface area is 62.9 Å². The summed E-state index contributed by atoms with van der Waals surface area (Å²) in [6.07, 6.45) is 0. The van der Waals surface area contributed by atoms with Crippen LogP contribution in [0.15, 0.2) is 4.52 Å². The second kappa shape index (κ2) is 3.00. The van der Waals surface area contributed by atoms with Gasteiger partial charge < -0.3 is 9.84 Å². The molecule has 0 aliphatic rings. The van der Waals surface area contributed by atoms with Gasteiger partial charge in [-0.2, -0.15) is 0 Å². The molecule has 0 bridgehead atoms. The molecule has 11 heavy (non-hydrogen) atoms. The number of nitrogens with zero attached hydrogens (tertiary/aromatic N) is 2. The minimum Gasteiger partial charge on any atom is -0.341 e. The Morgan fingerprint density at radius 2 is 2.36 bits per heavy atom. The van der Waals surface area contributed by atoms with Crippen LogP contribution in [0.5, 0.6) is 0 Å². The fraction of sp³-hybridized carbons (Fsp3) is 0.400. The third-order valence-corrected chi connectivity index (χ3v) is 1.11. The summed E-state index contributed by atoms with van der Waals surface area (Å²) < 4.78 is 4.61. The van der Waals surface area contributed by atoms with Crippen molar-refractivity contribution in [2.75, 3.05) is 12.4 Å². The highest BCUT2D eigenvalue weighted by atomic mass is 16.5. The Bertz CT molecular complexity index is 257. The number of nitrogens with one attached hydrogen (secondary N) is 2. The third-order valence-electron chi connectivity index (χ3n) is 1.11. The first-order chi connectivity index (χ1) is 5.24. The number of carbonyl (C=O) groups excluding carboxylic acids is 1. The quantitative estimate of drug-likeness (QED) is 0.605. The summed E-state index contributed by atoms with van der Waals surface area (Å²) in [5, 5.41) is 11.6. The standard InChI is InChI=1S/C5H8N4O2/c1-3-4(8-9-11-3)7-5(10)6-2/h1-2H3,(H2,6,7,10). The number of carbonyl (C=O) groups is 1. The minimum atomic E-state index is -0.344. The molecule has 2 amide bonds. The van der Waals surface area contributed by atoms with Crippen molar-refractivity contribution in [3.63, 3.8) is 0 Å². The van der Waals surface area contributed by atoms with Crippen molar-refractivity contribution in [3.05, 3.63) is 5.76 Å². The molecule has 0 aliphatic heterocycles. The SMILES string of the molecule is CNC(=O)Nc1nnoc1C. The molecule has 0 radical (unpaired) electrons. The van der Waals surface area contributed by atoms with Crippen LogP contribution in [0, 0.1) is 6.92 Å². The van der Waals surface area contributed by atoms with Crippen molar-refractivity contribution >= 4 is 11.8 Å². The molecule has 6 heteroatoms. The van der Waals surface area contributed by atoms with E-state index in [9.17, 15) is 4.79 Å². The van der Waals surface area contributed by atoms with Gasteiger partial charge in [0.1, 0.15) is 0 Å². The van der Waals surface area contributed by atoms with Crippen LogP contribution in [0.1, 0.15) is 5.76 Å². The summed E-state index contributed by atoms with van der Waals surface area (Å²) >= 11 is 0. The van der Waals surface area contributed by atoms with Crippen LogP contribution < -0.4 is 10.6 Å². The highest BCUT2D eigenvalue weighted by molar-refractivity contribution is 5.88. The average molecular weight is 156 g/mol. The molecule has 60 valence electrons. The summed E-state index contributed by atoms with van der Waals surface area (Å²) in [7, 11) is 1.51. The van der Waals surface area contributed by atoms with Crippen molar-refractivity contribution in [2.24, 2.45) is 0 Å². The zero-order valence-corrected chi connectivity index (χ0v) is 6.21. The summed E-state index contributed by atoms with van der Waals surface area (Å²) in [6.45, 7) is 1.66. The van der Waals surface area contributed by atoms with Crippen molar-refractivity contribution in [1.29, 1.82) is 0 Å². The van der Waals surface area contributed by atoms with Gasteiger partial charge in [0, 0.05) is 19.2 Å². The molecule has 0 saturated carbocycles. The predicted molar refractivity (Wildman–Crippen MR) is 37.1 cm³/mol. The van der Waals surface area contributed by atoms with Crippen LogP contribution in [0.25, 0.3) is 0 Å². The normalized spacial score (nSPS) is 9.27. The van der Waals surface area contributed by atoms with Gasteiger partial charge in [0.15, 0.2) is 5.76 Å². The van der Waals surface area contributed by atoms with Crippen LogP contribution in [-0.4, -0.2) is 23.4 Å². The van der Waals surface area contributed by atoms with Gasteiger partial charge in [-0.25, -0.2) is 4.79 Å². The van der Waals surface area contributed by atoms with Gasteiger partial charge in [0.2, 0.25) is 5.82 Å². The topological polar surface area (TPSA) is 80.0 Å². The molecule has 1 heterocycles. The van der Waals surface area contributed by atoms with Crippen molar-refractivity contribution in [1.82, 2.24) is 15.7 Å². The molecule has 0 fully saturated rings. The molecule has 1 rings (SSSR count). The molecule has 0 unspecified atom stereocenters. The zero-order valence-electron chi connectivity index (χ0n) is 6.21. The predicted octanol–water partition coefficient (Wildman–Crippen LogP) is 0.129. The van der Waals surface area contributed by atoms with Crippen LogP contribution in [0.4, 0.5) is 10.6 Å². The van der Waals surface area contributed by atoms with Crippen molar-refractivity contribution < 1.29 is 9.32 Å². The third kappa shape index (κ3) is 1.66. The molecule has 0 saturated heterocycles. The van der Waals surface area contributed by atoms with Gasteiger partial charge in [-0.15, -0.1) is 0 Å². The van der Waals surface area contributed by atoms with Crippen LogP contribution in [0.2, 0.25) is 0 Å². The summed E-state index contributed by atoms with van der Waals surface area (Å²) in [6, 6.07) is -0.344.